The summed E-state index contributed by atoms with van der Waals surface area (Å²) in [5.74, 6) is 0. The van der Waals surface area contributed by atoms with Crippen LogP contribution in [-0.4, -0.2) is 23.0 Å². The molecule has 0 amide bonds. The van der Waals surface area contributed by atoms with Crippen molar-refractivity contribution < 1.29 is 0 Å². The Morgan fingerprint density at radius 3 is 2.86 bits per heavy atom. The first kappa shape index (κ1) is 9.21. The van der Waals surface area contributed by atoms with E-state index in [9.17, 15) is 0 Å². The van der Waals surface area contributed by atoms with Crippen LogP contribution in [0.5, 0.6) is 0 Å². The molecule has 2 rings (SSSR count). The van der Waals surface area contributed by atoms with Crippen LogP contribution >= 0.6 is 0 Å². The van der Waals surface area contributed by atoms with Gasteiger partial charge in [-0.05, 0) is 18.6 Å². The molecule has 0 aromatic carbocycles. The van der Waals surface area contributed by atoms with Crippen LogP contribution in [0, 0.1) is 6.92 Å². The van der Waals surface area contributed by atoms with Crippen LogP contribution in [0.25, 0.3) is 0 Å². The normalized spacial score (nSPS) is 16.4. The average Bonchev–Trinajstić information content (AvgIpc) is 2.66. The van der Waals surface area contributed by atoms with Gasteiger partial charge in [-0.3, -0.25) is 9.88 Å². The maximum atomic E-state index is 5.82. The van der Waals surface area contributed by atoms with Crippen LogP contribution in [0.1, 0.15) is 11.3 Å². The molecule has 0 unspecified atom stereocenters. The molecule has 14 heavy (non-hydrogen) atoms. The first-order valence-corrected chi connectivity index (χ1v) is 4.84. The molecule has 0 aliphatic carbocycles. The van der Waals surface area contributed by atoms with Gasteiger partial charge in [0.15, 0.2) is 0 Å². The van der Waals surface area contributed by atoms with Crippen molar-refractivity contribution in [2.75, 3.05) is 18.8 Å². The topological polar surface area (TPSA) is 42.1 Å². The van der Waals surface area contributed by atoms with Crippen molar-refractivity contribution in [2.45, 2.75) is 13.5 Å². The number of hydrogen-bond donors (Lipinski definition) is 1. The van der Waals surface area contributed by atoms with Crippen molar-refractivity contribution in [3.63, 3.8) is 0 Å². The van der Waals surface area contributed by atoms with E-state index in [2.05, 4.69) is 22.0 Å². The minimum absolute atomic E-state index is 0.835. The summed E-state index contributed by atoms with van der Waals surface area (Å²) in [6, 6.07) is 1.85. The molecular weight excluding hydrogens is 174 g/mol. The quantitative estimate of drug-likeness (QED) is 0.714. The predicted octanol–water partition coefficient (Wildman–Crippen LogP) is 1.34. The van der Waals surface area contributed by atoms with Crippen LogP contribution in [0.4, 0.5) is 5.69 Å². The third-order valence-electron chi connectivity index (χ3n) is 2.62. The van der Waals surface area contributed by atoms with Gasteiger partial charge in [-0.15, -0.1) is 0 Å². The molecule has 1 aromatic heterocycles. The third kappa shape index (κ3) is 1.77. The Morgan fingerprint density at radius 2 is 2.14 bits per heavy atom. The molecule has 1 aliphatic rings. The molecule has 0 spiro atoms. The number of hydrogen-bond acceptors (Lipinski definition) is 3. The Morgan fingerprint density at radius 1 is 1.43 bits per heavy atom. The van der Waals surface area contributed by atoms with Crippen molar-refractivity contribution in [3.05, 3.63) is 35.7 Å². The van der Waals surface area contributed by atoms with Crippen molar-refractivity contribution >= 4 is 5.69 Å². The molecule has 0 saturated heterocycles. The second kappa shape index (κ2) is 3.80. The zero-order valence-corrected chi connectivity index (χ0v) is 8.40. The Kier molecular flexibility index (Phi) is 2.50. The average molecular weight is 189 g/mol. The summed E-state index contributed by atoms with van der Waals surface area (Å²) in [6.07, 6.45) is 6.14. The Balaban J connectivity index is 2.12. The number of nitrogen functional groups attached to an aromatic ring is 1. The lowest BCUT2D eigenvalue weighted by atomic mass is 10.2. The van der Waals surface area contributed by atoms with E-state index < -0.39 is 0 Å². The highest BCUT2D eigenvalue weighted by Crippen LogP contribution is 2.15. The maximum Gasteiger partial charge on any atom is 0.0593 e. The third-order valence-corrected chi connectivity index (χ3v) is 2.62. The standard InChI is InChI=1S/C11H15N3/c1-9-10(12)4-5-13-11(9)8-14-6-2-3-7-14/h2-5H,6-8H2,1H3,(H2,12,13). The molecule has 74 valence electrons. The van der Waals surface area contributed by atoms with Crippen molar-refractivity contribution in [3.8, 4) is 0 Å². The number of rotatable bonds is 2. The molecule has 0 radical (unpaired) electrons. The van der Waals surface area contributed by atoms with Gasteiger partial charge in [-0.2, -0.15) is 0 Å². The van der Waals surface area contributed by atoms with Gasteiger partial charge in [-0.1, -0.05) is 12.2 Å². The fourth-order valence-electron chi connectivity index (χ4n) is 1.62. The van der Waals surface area contributed by atoms with Gasteiger partial charge in [0.25, 0.3) is 0 Å². The highest BCUT2D eigenvalue weighted by Gasteiger charge is 2.10. The minimum Gasteiger partial charge on any atom is -0.398 e. The number of anilines is 1. The summed E-state index contributed by atoms with van der Waals surface area (Å²) in [5.41, 5.74) is 8.86. The van der Waals surface area contributed by atoms with Crippen molar-refractivity contribution in [1.29, 1.82) is 0 Å². The highest BCUT2D eigenvalue weighted by molar-refractivity contribution is 5.46. The molecule has 0 bridgehead atoms. The summed E-state index contributed by atoms with van der Waals surface area (Å²) >= 11 is 0. The van der Waals surface area contributed by atoms with Gasteiger partial charge in [0.05, 0.1) is 5.69 Å². The largest absolute Gasteiger partial charge is 0.398 e. The molecule has 3 heteroatoms. The lowest BCUT2D eigenvalue weighted by Crippen LogP contribution is -2.20. The summed E-state index contributed by atoms with van der Waals surface area (Å²) in [5, 5.41) is 0. The molecule has 0 atom stereocenters. The lowest BCUT2D eigenvalue weighted by molar-refractivity contribution is 0.340. The molecule has 2 heterocycles. The fourth-order valence-corrected chi connectivity index (χ4v) is 1.62. The van der Waals surface area contributed by atoms with Gasteiger partial charge in [0.2, 0.25) is 0 Å². The zero-order chi connectivity index (χ0) is 9.97. The van der Waals surface area contributed by atoms with E-state index in [1.165, 1.54) is 0 Å². The zero-order valence-electron chi connectivity index (χ0n) is 8.40. The van der Waals surface area contributed by atoms with Gasteiger partial charge in [-0.25, -0.2) is 0 Å². The Hall–Kier alpha value is -1.35. The van der Waals surface area contributed by atoms with Gasteiger partial charge < -0.3 is 5.73 Å². The Labute approximate surface area is 84.2 Å². The van der Waals surface area contributed by atoms with E-state index in [0.717, 1.165) is 36.6 Å². The summed E-state index contributed by atoms with van der Waals surface area (Å²) in [4.78, 5) is 6.68. The predicted molar refractivity (Wildman–Crippen MR) is 57.8 cm³/mol. The van der Waals surface area contributed by atoms with Gasteiger partial charge in [0.1, 0.15) is 0 Å². The maximum absolute atomic E-state index is 5.82. The van der Waals surface area contributed by atoms with Crippen LogP contribution < -0.4 is 5.73 Å². The van der Waals surface area contributed by atoms with Crippen molar-refractivity contribution in [2.24, 2.45) is 0 Å². The summed E-state index contributed by atoms with van der Waals surface area (Å²) < 4.78 is 0. The highest BCUT2D eigenvalue weighted by atomic mass is 15.1. The molecule has 0 saturated carbocycles. The molecular formula is C11H15N3. The summed E-state index contributed by atoms with van der Waals surface area (Å²) in [6.45, 7) is 4.97. The molecule has 1 aliphatic heterocycles. The van der Waals surface area contributed by atoms with E-state index in [-0.39, 0.29) is 0 Å². The van der Waals surface area contributed by atoms with E-state index in [0.29, 0.717) is 0 Å². The molecule has 3 nitrogen and oxygen atoms in total. The van der Waals surface area contributed by atoms with Crippen LogP contribution in [-0.2, 0) is 6.54 Å². The van der Waals surface area contributed by atoms with E-state index in [1.54, 1.807) is 6.20 Å². The first-order chi connectivity index (χ1) is 6.77. The monoisotopic (exact) mass is 189 g/mol. The van der Waals surface area contributed by atoms with Crippen LogP contribution in [0.15, 0.2) is 24.4 Å². The van der Waals surface area contributed by atoms with E-state index in [4.69, 9.17) is 5.73 Å². The van der Waals surface area contributed by atoms with Gasteiger partial charge >= 0.3 is 0 Å². The number of nitrogens with zero attached hydrogens (tertiary/aromatic N) is 2. The second-order valence-corrected chi connectivity index (χ2v) is 3.64. The SMILES string of the molecule is Cc1c(N)ccnc1CN1CC=CC1. The molecule has 1 aromatic rings. The van der Waals surface area contributed by atoms with Gasteiger partial charge in [0, 0.05) is 31.5 Å². The first-order valence-electron chi connectivity index (χ1n) is 4.84. The van der Waals surface area contributed by atoms with Crippen molar-refractivity contribution in [1.82, 2.24) is 9.88 Å². The van der Waals surface area contributed by atoms with E-state index >= 15 is 0 Å². The summed E-state index contributed by atoms with van der Waals surface area (Å²) in [7, 11) is 0. The molecule has 2 N–H and O–H groups in total. The fraction of sp³-hybridized carbons (Fsp3) is 0.364. The lowest BCUT2D eigenvalue weighted by Gasteiger charge is -2.15. The number of nitrogens with two attached hydrogens (primary N) is 1. The van der Waals surface area contributed by atoms with Crippen LogP contribution in [0.3, 0.4) is 0 Å². The molecule has 0 fully saturated rings. The second-order valence-electron chi connectivity index (χ2n) is 3.64. The minimum atomic E-state index is 0.835. The Bertz CT molecular complexity index is 350. The smallest absolute Gasteiger partial charge is 0.0593 e. The van der Waals surface area contributed by atoms with Crippen LogP contribution in [0.2, 0.25) is 0 Å². The number of pyridine rings is 1. The number of aromatic nitrogens is 1. The van der Waals surface area contributed by atoms with E-state index in [1.807, 2.05) is 13.0 Å².